The van der Waals surface area contributed by atoms with Gasteiger partial charge in [-0.3, -0.25) is 0 Å². The average molecular weight is 273 g/mol. The third-order valence-electron chi connectivity index (χ3n) is 2.46. The van der Waals surface area contributed by atoms with Crippen molar-refractivity contribution in [1.29, 1.82) is 0 Å². The lowest BCUT2D eigenvalue weighted by Gasteiger charge is -2.24. The molecule has 0 rings (SSSR count). The quantitative estimate of drug-likeness (QED) is 0.448. The minimum Gasteiger partial charge on any atom is -0.0120 e. The molecule has 0 aromatic rings. The molecule has 0 unspecified atom stereocenters. The fraction of sp³-hybridized carbons (Fsp3) is 0. The minimum absolute atomic E-state index is 0.00521. The summed E-state index contributed by atoms with van der Waals surface area (Å²) in [6.07, 6.45) is -0.00521. The predicted octanol–water partition coefficient (Wildman–Crippen LogP) is -8.78. The Labute approximate surface area is 79.0 Å². The number of hydrogen-bond acceptors (Lipinski definition) is 0. The first-order chi connectivity index (χ1) is 4.00. The Hall–Kier alpha value is 1.95. The highest BCUT2D eigenvalue weighted by Crippen LogP contribution is 1.86. The minimum atomic E-state index is -0.00521. The molecule has 0 amide bonds. The Morgan fingerprint density at radius 3 is 1.78 bits per heavy atom. The molecule has 0 heterocycles. The molecule has 0 N–H and O–H groups in total. The van der Waals surface area contributed by atoms with Gasteiger partial charge in [-0.15, -0.1) is 0 Å². The number of rotatable bonds is 3. The van der Waals surface area contributed by atoms with Gasteiger partial charge in [0.15, 0.2) is 0 Å². The van der Waals surface area contributed by atoms with Crippen molar-refractivity contribution in [2.75, 3.05) is 0 Å². The van der Waals surface area contributed by atoms with Gasteiger partial charge >= 0.3 is 0 Å². The second-order valence-electron chi connectivity index (χ2n) is 3.89. The van der Waals surface area contributed by atoms with Gasteiger partial charge in [-0.25, -0.2) is 0 Å². The topological polar surface area (TPSA) is 0 Å². The van der Waals surface area contributed by atoms with Crippen LogP contribution in [0.25, 0.3) is 0 Å². The third-order valence-corrected chi connectivity index (χ3v) is 199. The van der Waals surface area contributed by atoms with Crippen molar-refractivity contribution < 1.29 is 0 Å². The lowest BCUT2D eigenvalue weighted by atomic mass is 25.9. The molecular weight excluding hydrogens is 253 g/mol. The molecule has 0 radical (unpaired) electrons. The van der Waals surface area contributed by atoms with Crippen LogP contribution in [-0.2, 0) is 0 Å². The Morgan fingerprint density at radius 2 is 1.67 bits per heavy atom. The molecule has 0 fully saturated rings. The molecule has 0 aliphatic rings. The highest BCUT2D eigenvalue weighted by atomic mass is 30.3. The van der Waals surface area contributed by atoms with E-state index in [1.54, 1.807) is 48.8 Å². The summed E-state index contributed by atoms with van der Waals surface area (Å²) in [4.78, 5) is 0. The monoisotopic (exact) mass is 272 g/mol. The van der Waals surface area contributed by atoms with Crippen LogP contribution in [0, 0.1) is 0 Å². The van der Waals surface area contributed by atoms with Gasteiger partial charge in [-0.1, -0.05) is 0 Å². The zero-order chi connectivity index (χ0) is 7.49. The van der Waals surface area contributed by atoms with Crippen LogP contribution in [0.1, 0.15) is 0 Å². The summed E-state index contributed by atoms with van der Waals surface area (Å²) in [6.45, 7) is 0. The van der Waals surface area contributed by atoms with E-state index in [9.17, 15) is 0 Å². The van der Waals surface area contributed by atoms with E-state index < -0.39 is 0 Å². The molecule has 9 heavy (non-hydrogen) atoms. The van der Waals surface area contributed by atoms with Gasteiger partial charge in [-0.05, 0) is 79.4 Å². The van der Waals surface area contributed by atoms with Crippen molar-refractivity contribution in [2.45, 2.75) is 0 Å². The maximum Gasteiger partial charge on any atom is -0.00542 e. The van der Waals surface area contributed by atoms with Gasteiger partial charge < -0.3 is 0 Å². The molecule has 0 atom stereocenters. The lowest BCUT2D eigenvalue weighted by Crippen LogP contribution is -2.62. The van der Waals surface area contributed by atoms with Crippen LogP contribution in [0.3, 0.4) is 0 Å². The van der Waals surface area contributed by atoms with Gasteiger partial charge in [0, 0.05) is 0 Å². The maximum absolute atomic E-state index is 1.79. The zero-order valence-corrected chi connectivity index (χ0v) is 22.5. The van der Waals surface area contributed by atoms with E-state index in [0.29, 0.717) is 0 Å². The summed E-state index contributed by atoms with van der Waals surface area (Å²) >= 11 is 0. The maximum atomic E-state index is 1.79. The first-order valence-corrected chi connectivity index (χ1v) is 36.0. The van der Waals surface area contributed by atoms with Crippen molar-refractivity contribution in [1.82, 2.24) is 0 Å². The first-order valence-electron chi connectivity index (χ1n) is 4.00. The van der Waals surface area contributed by atoms with Crippen LogP contribution >= 0.6 is 0 Å². The molecule has 0 nitrogen and oxygen atoms in total. The van der Waals surface area contributed by atoms with Crippen LogP contribution in [-0.4, -0.2) is 79.4 Å². The summed E-state index contributed by atoms with van der Waals surface area (Å²) in [5.74, 6) is 0. The predicted molar refractivity (Wildman–Crippen MR) is 79.7 cm³/mol. The Morgan fingerprint density at radius 1 is 1.22 bits per heavy atom. The Balaban J connectivity index is 3.70. The van der Waals surface area contributed by atoms with E-state index in [2.05, 4.69) is 0 Å². The fourth-order valence-electron chi connectivity index (χ4n) is 0.933. The van der Waals surface area contributed by atoms with Crippen molar-refractivity contribution in [3.05, 3.63) is 0 Å². The molecule has 0 aromatic carbocycles. The molecule has 0 aromatic heterocycles. The van der Waals surface area contributed by atoms with E-state index in [0.717, 1.165) is 17.1 Å². The highest BCUT2D eigenvalue weighted by molar-refractivity contribution is 7.99. The molecule has 0 saturated heterocycles. The SMILES string of the molecule is [SiH3][SiH2][SiH2][Si]([SiH3])([SiH3])[SiH]([SiH3])[SiH3]. The lowest BCUT2D eigenvalue weighted by molar-refractivity contribution is 3.52. The molecule has 56 valence electrons. The van der Waals surface area contributed by atoms with Gasteiger partial charge in [-0.2, -0.15) is 0 Å². The normalized spacial score (nSPS) is 25.3. The van der Waals surface area contributed by atoms with Crippen molar-refractivity contribution in [3.8, 4) is 0 Å². The summed E-state index contributed by atoms with van der Waals surface area (Å²) in [5.41, 5.74) is 0. The second-order valence-corrected chi connectivity index (χ2v) is 105. The molecule has 0 spiro atoms. The third kappa shape index (κ3) is 4.41. The summed E-state index contributed by atoms with van der Waals surface area (Å²) in [6, 6.07) is 0. The smallest absolute Gasteiger partial charge is 0.00542 e. The zero-order valence-electron chi connectivity index (χ0n) is 7.49. The molecular formula is H20Si9. The van der Waals surface area contributed by atoms with Gasteiger partial charge in [0.05, 0.1) is 0 Å². The molecule has 0 aliphatic heterocycles. The van der Waals surface area contributed by atoms with E-state index in [-0.39, 0.29) is 13.5 Å². The number of hydrogen-bond donors (Lipinski definition) is 0. The molecule has 0 aliphatic carbocycles. The van der Waals surface area contributed by atoms with Crippen LogP contribution in [0.15, 0.2) is 0 Å². The standard InChI is InChI=1S/H20Si9/c1-6-7-9(4,5)8(2)3/h8H,6-7H2,1-5H3. The highest BCUT2D eigenvalue weighted by Gasteiger charge is 2.23. The van der Waals surface area contributed by atoms with Crippen molar-refractivity contribution in [3.63, 3.8) is 0 Å². The van der Waals surface area contributed by atoms with Crippen molar-refractivity contribution in [2.24, 2.45) is 0 Å². The Kier molecular flexibility index (Phi) is 5.79. The fourth-order valence-corrected chi connectivity index (χ4v) is 227. The van der Waals surface area contributed by atoms with Crippen molar-refractivity contribution >= 4 is 79.4 Å². The second kappa shape index (κ2) is 4.75. The van der Waals surface area contributed by atoms with Crippen LogP contribution in [0.4, 0.5) is 0 Å². The van der Waals surface area contributed by atoms with Crippen LogP contribution in [0.5, 0.6) is 0 Å². The van der Waals surface area contributed by atoms with E-state index in [1.807, 2.05) is 0 Å². The molecule has 9 heteroatoms. The molecule has 0 saturated carbocycles. The van der Waals surface area contributed by atoms with Gasteiger partial charge in [0.25, 0.3) is 0 Å². The Bertz CT molecular complexity index is 70.1. The summed E-state index contributed by atoms with van der Waals surface area (Å²) < 4.78 is 0. The summed E-state index contributed by atoms with van der Waals surface area (Å²) in [7, 11) is 10.6. The molecule has 0 bridgehead atoms. The van der Waals surface area contributed by atoms with Crippen LogP contribution in [0.2, 0.25) is 0 Å². The summed E-state index contributed by atoms with van der Waals surface area (Å²) in [5, 5.41) is 0. The van der Waals surface area contributed by atoms with E-state index in [4.69, 9.17) is 0 Å². The average Bonchev–Trinajstić information content (AvgIpc) is 1.65. The van der Waals surface area contributed by atoms with Gasteiger partial charge in [0.2, 0.25) is 0 Å². The van der Waals surface area contributed by atoms with Crippen LogP contribution < -0.4 is 0 Å². The largest absolute Gasteiger partial charge is 0.0120 e. The van der Waals surface area contributed by atoms with Gasteiger partial charge in [0.1, 0.15) is 0 Å². The van der Waals surface area contributed by atoms with E-state index in [1.165, 1.54) is 0 Å². The first kappa shape index (κ1) is 11.0. The van der Waals surface area contributed by atoms with E-state index >= 15 is 0 Å².